The number of aliphatic hydroxyl groups excluding tert-OH is 7. The fourth-order valence-corrected chi connectivity index (χ4v) is 7.31. The smallest absolute Gasteiger partial charge is 0.306 e. The molecule has 2 aliphatic heterocycles. The summed E-state index contributed by atoms with van der Waals surface area (Å²) in [5, 5.41) is 71.8. The molecule has 0 radical (unpaired) electrons. The lowest BCUT2D eigenvalue weighted by molar-refractivity contribution is -0.332. The molecule has 7 N–H and O–H groups in total. The number of rotatable bonds is 35. The van der Waals surface area contributed by atoms with E-state index in [1.807, 2.05) is 0 Å². The summed E-state index contributed by atoms with van der Waals surface area (Å²) in [6, 6.07) is 0. The van der Waals surface area contributed by atoms with E-state index < -0.39 is 92.7 Å². The first-order valence-electron chi connectivity index (χ1n) is 23.3. The molecule has 0 saturated carbocycles. The minimum atomic E-state index is -1.76. The van der Waals surface area contributed by atoms with Crippen LogP contribution in [0.15, 0.2) is 12.2 Å². The molecule has 2 saturated heterocycles. The quantitative estimate of drug-likeness (QED) is 0.0252. The van der Waals surface area contributed by atoms with Gasteiger partial charge in [0.25, 0.3) is 0 Å². The van der Waals surface area contributed by atoms with Gasteiger partial charge in [-0.2, -0.15) is 0 Å². The number of esters is 2. The Kier molecular flexibility index (Phi) is 30.6. The molecule has 0 aromatic rings. The summed E-state index contributed by atoms with van der Waals surface area (Å²) < 4.78 is 33.4. The fraction of sp³-hybridized carbons (Fsp3) is 0.911. The van der Waals surface area contributed by atoms with Gasteiger partial charge in [-0.1, -0.05) is 135 Å². The van der Waals surface area contributed by atoms with E-state index in [1.165, 1.54) is 70.6 Å². The van der Waals surface area contributed by atoms with Crippen LogP contribution in [0.3, 0.4) is 0 Å². The molecule has 0 spiro atoms. The maximum Gasteiger partial charge on any atom is 0.306 e. The van der Waals surface area contributed by atoms with Gasteiger partial charge in [-0.05, 0) is 32.1 Å². The van der Waals surface area contributed by atoms with Crippen molar-refractivity contribution in [3.8, 4) is 0 Å². The molecule has 2 rings (SSSR count). The van der Waals surface area contributed by atoms with Gasteiger partial charge in [-0.3, -0.25) is 9.59 Å². The van der Waals surface area contributed by atoms with E-state index in [-0.39, 0.29) is 26.1 Å². The van der Waals surface area contributed by atoms with E-state index in [0.717, 1.165) is 57.8 Å². The first kappa shape index (κ1) is 54.4. The number of unbranched alkanes of at least 4 members (excludes halogenated alkanes) is 19. The Labute approximate surface area is 359 Å². The van der Waals surface area contributed by atoms with Gasteiger partial charge in [-0.15, -0.1) is 0 Å². The van der Waals surface area contributed by atoms with Crippen molar-refractivity contribution in [3.05, 3.63) is 12.2 Å². The zero-order chi connectivity index (χ0) is 44.0. The Morgan fingerprint density at radius 1 is 0.517 bits per heavy atom. The molecule has 0 aromatic carbocycles. The van der Waals surface area contributed by atoms with E-state index in [1.54, 1.807) is 0 Å². The van der Waals surface area contributed by atoms with E-state index in [2.05, 4.69) is 26.0 Å². The summed E-state index contributed by atoms with van der Waals surface area (Å²) >= 11 is 0. The average Bonchev–Trinajstić information content (AvgIpc) is 3.24. The summed E-state index contributed by atoms with van der Waals surface area (Å²) in [6.07, 6.45) is 12.6. The average molecular weight is 863 g/mol. The van der Waals surface area contributed by atoms with Crippen LogP contribution in [-0.2, 0) is 38.0 Å². The molecular formula is C45H82O15. The third-order valence-corrected chi connectivity index (χ3v) is 11.2. The molecule has 2 aliphatic rings. The van der Waals surface area contributed by atoms with Gasteiger partial charge >= 0.3 is 11.9 Å². The third kappa shape index (κ3) is 22.5. The van der Waals surface area contributed by atoms with Crippen LogP contribution in [0.2, 0.25) is 0 Å². The second-order valence-corrected chi connectivity index (χ2v) is 16.6. The van der Waals surface area contributed by atoms with Gasteiger partial charge < -0.3 is 64.2 Å². The molecular weight excluding hydrogens is 780 g/mol. The Balaban J connectivity index is 1.85. The monoisotopic (exact) mass is 863 g/mol. The highest BCUT2D eigenvalue weighted by atomic mass is 16.7. The van der Waals surface area contributed by atoms with E-state index in [9.17, 15) is 45.3 Å². The van der Waals surface area contributed by atoms with Crippen molar-refractivity contribution < 1.29 is 73.8 Å². The lowest BCUT2D eigenvalue weighted by Gasteiger charge is -2.42. The highest BCUT2D eigenvalue weighted by Gasteiger charge is 2.47. The van der Waals surface area contributed by atoms with Crippen LogP contribution in [0, 0.1) is 0 Å². The normalized spacial score (nSPS) is 27.6. The molecule has 2 fully saturated rings. The maximum atomic E-state index is 12.9. The van der Waals surface area contributed by atoms with Crippen molar-refractivity contribution in [1.82, 2.24) is 0 Å². The zero-order valence-corrected chi connectivity index (χ0v) is 36.7. The Hall–Kier alpha value is -1.76. The maximum absolute atomic E-state index is 12.9. The fourth-order valence-electron chi connectivity index (χ4n) is 7.31. The Morgan fingerprint density at radius 3 is 1.52 bits per heavy atom. The van der Waals surface area contributed by atoms with Crippen LogP contribution in [0.1, 0.15) is 168 Å². The molecule has 11 atom stereocenters. The van der Waals surface area contributed by atoms with Crippen molar-refractivity contribution in [1.29, 1.82) is 0 Å². The van der Waals surface area contributed by atoms with Gasteiger partial charge in [0.2, 0.25) is 0 Å². The molecule has 0 bridgehead atoms. The number of ether oxygens (including phenoxy) is 6. The second kappa shape index (κ2) is 33.8. The topological polar surface area (TPSA) is 231 Å². The van der Waals surface area contributed by atoms with Gasteiger partial charge in [0.05, 0.1) is 19.8 Å². The number of aliphatic hydroxyl groups is 7. The number of hydrogen-bond donors (Lipinski definition) is 7. The number of carbonyl (C=O) groups excluding carboxylic acids is 2. The largest absolute Gasteiger partial charge is 0.462 e. The molecule has 0 amide bonds. The molecule has 352 valence electrons. The first-order valence-corrected chi connectivity index (χ1v) is 23.3. The van der Waals surface area contributed by atoms with Gasteiger partial charge in [0.15, 0.2) is 18.7 Å². The minimum Gasteiger partial charge on any atom is -0.462 e. The van der Waals surface area contributed by atoms with Crippen molar-refractivity contribution in [2.45, 2.75) is 235 Å². The molecule has 0 aliphatic carbocycles. The van der Waals surface area contributed by atoms with Crippen LogP contribution >= 0.6 is 0 Å². The molecule has 60 heavy (non-hydrogen) atoms. The van der Waals surface area contributed by atoms with Crippen molar-refractivity contribution in [2.24, 2.45) is 0 Å². The number of carbonyl (C=O) groups is 2. The standard InChI is InChI=1S/C45H82O15/c1-3-5-7-9-11-13-15-16-18-19-21-23-25-27-36(47)55-30-33(58-37(48)28-26-24-22-20-17-14-12-10-8-6-4-2)31-56-44-43(54)41(52)39(50)35(60-44)32-57-45-42(53)40(51)38(49)34(29-46)59-45/h10,12,33-35,38-46,49-54H,3-9,11,13-32H2,1-2H3/b12-10+/t33-,34-,35-,38+,39+,40?,41?,42?,43?,44-,45-/m1/s1. The minimum absolute atomic E-state index is 0.158. The third-order valence-electron chi connectivity index (χ3n) is 11.2. The van der Waals surface area contributed by atoms with Gasteiger partial charge in [-0.25, -0.2) is 0 Å². The summed E-state index contributed by atoms with van der Waals surface area (Å²) in [7, 11) is 0. The van der Waals surface area contributed by atoms with E-state index in [0.29, 0.717) is 12.8 Å². The summed E-state index contributed by atoms with van der Waals surface area (Å²) in [5.74, 6) is -0.932. The Bertz CT molecular complexity index is 1110. The molecule has 0 aromatic heterocycles. The lowest BCUT2D eigenvalue weighted by Crippen LogP contribution is -2.61. The van der Waals surface area contributed by atoms with Crippen molar-refractivity contribution in [2.75, 3.05) is 26.4 Å². The zero-order valence-electron chi connectivity index (χ0n) is 36.7. The number of allylic oxidation sites excluding steroid dienone is 2. The first-order chi connectivity index (χ1) is 29.0. The van der Waals surface area contributed by atoms with Crippen LogP contribution in [-0.4, -0.2) is 142 Å². The number of hydrogen-bond acceptors (Lipinski definition) is 15. The molecule has 15 heteroatoms. The summed E-state index contributed by atoms with van der Waals surface area (Å²) in [5.41, 5.74) is 0. The van der Waals surface area contributed by atoms with Crippen LogP contribution in [0.25, 0.3) is 0 Å². The highest BCUT2D eigenvalue weighted by Crippen LogP contribution is 2.26. The second-order valence-electron chi connectivity index (χ2n) is 16.6. The predicted molar refractivity (Wildman–Crippen MR) is 224 cm³/mol. The van der Waals surface area contributed by atoms with E-state index in [4.69, 9.17) is 28.4 Å². The van der Waals surface area contributed by atoms with E-state index >= 15 is 0 Å². The van der Waals surface area contributed by atoms with Crippen molar-refractivity contribution >= 4 is 11.9 Å². The van der Waals surface area contributed by atoms with Crippen LogP contribution in [0.5, 0.6) is 0 Å². The van der Waals surface area contributed by atoms with Gasteiger partial charge in [0, 0.05) is 12.8 Å². The summed E-state index contributed by atoms with van der Waals surface area (Å²) in [6.45, 7) is 2.53. The predicted octanol–water partition coefficient (Wildman–Crippen LogP) is 5.04. The highest BCUT2D eigenvalue weighted by molar-refractivity contribution is 5.70. The van der Waals surface area contributed by atoms with Crippen LogP contribution in [0.4, 0.5) is 0 Å². The van der Waals surface area contributed by atoms with Crippen LogP contribution < -0.4 is 0 Å². The SMILES string of the molecule is CCCC/C=C/CCCCCCCC(=O)O[C@H](COC(=O)CCCCCCCCCCCCCCC)CO[C@@H]1O[C@H](CO[C@@H]2O[C@H](CO)[C@H](O)C(O)C2O)[C@H](O)C(O)C1O. The molecule has 4 unspecified atom stereocenters. The summed E-state index contributed by atoms with van der Waals surface area (Å²) in [4.78, 5) is 25.6. The molecule has 2 heterocycles. The van der Waals surface area contributed by atoms with Crippen molar-refractivity contribution in [3.63, 3.8) is 0 Å². The Morgan fingerprint density at radius 2 is 0.967 bits per heavy atom. The lowest BCUT2D eigenvalue weighted by atomic mass is 9.98. The van der Waals surface area contributed by atoms with Gasteiger partial charge in [0.1, 0.15) is 55.4 Å². The molecule has 15 nitrogen and oxygen atoms in total.